The van der Waals surface area contributed by atoms with Crippen LogP contribution in [0.15, 0.2) is 23.3 Å². The molecule has 0 saturated heterocycles. The predicted molar refractivity (Wildman–Crippen MR) is 86.8 cm³/mol. The highest BCUT2D eigenvalue weighted by Gasteiger charge is 2.28. The van der Waals surface area contributed by atoms with Gasteiger partial charge in [-0.15, -0.1) is 0 Å². The number of rotatable bonds is 3. The Morgan fingerprint density at radius 1 is 1.32 bits per heavy atom. The van der Waals surface area contributed by atoms with Gasteiger partial charge in [0.1, 0.15) is 0 Å². The summed E-state index contributed by atoms with van der Waals surface area (Å²) in [5.74, 6) is -1.71. The number of nitrogens with one attached hydrogen (secondary N) is 2. The molecule has 0 spiro atoms. The van der Waals surface area contributed by atoms with E-state index in [1.54, 1.807) is 6.07 Å². The fraction of sp³-hybridized carbons (Fsp3) is 0.357. The van der Waals surface area contributed by atoms with E-state index in [0.29, 0.717) is 13.0 Å². The van der Waals surface area contributed by atoms with Gasteiger partial charge in [0, 0.05) is 6.54 Å². The van der Waals surface area contributed by atoms with Crippen LogP contribution in [0.2, 0.25) is 10.0 Å². The first-order chi connectivity index (χ1) is 10.5. The average Bonchev–Trinajstić information content (AvgIpc) is 2.49. The third-order valence-electron chi connectivity index (χ3n) is 2.79. The number of carboxylic acids is 1. The molecule has 1 atom stereocenters. The van der Waals surface area contributed by atoms with E-state index >= 15 is 0 Å². The van der Waals surface area contributed by atoms with Gasteiger partial charge in [-0.05, 0) is 18.6 Å². The van der Waals surface area contributed by atoms with Crippen LogP contribution in [0.3, 0.4) is 0 Å². The lowest BCUT2D eigenvalue weighted by Crippen LogP contribution is -2.48. The van der Waals surface area contributed by atoms with Crippen molar-refractivity contribution in [3.63, 3.8) is 0 Å². The highest BCUT2D eigenvalue weighted by atomic mass is 35.5. The minimum Gasteiger partial charge on any atom is -0.477 e. The standard InChI is InChI=1S/C12H11Cl2N3O3.C2H6/c13-6-2-1-3-7(14)9(6)11(18)16-8-4-5-15-17-10(8)12(19)20;1-2/h1-3,8,15H,4-5H2,(H,16,18)(H,19,20);1-2H3. The highest BCUT2D eigenvalue weighted by molar-refractivity contribution is 6.40. The number of carbonyl (C=O) groups excluding carboxylic acids is 1. The summed E-state index contributed by atoms with van der Waals surface area (Å²) in [6.07, 6.45) is 0.416. The monoisotopic (exact) mass is 345 g/mol. The van der Waals surface area contributed by atoms with Crippen molar-refractivity contribution in [1.82, 2.24) is 10.7 Å². The molecular formula is C14H17Cl2N3O3. The average molecular weight is 346 g/mol. The van der Waals surface area contributed by atoms with Crippen LogP contribution < -0.4 is 10.7 Å². The van der Waals surface area contributed by atoms with Gasteiger partial charge in [-0.3, -0.25) is 4.79 Å². The van der Waals surface area contributed by atoms with Gasteiger partial charge >= 0.3 is 5.97 Å². The summed E-state index contributed by atoms with van der Waals surface area (Å²) >= 11 is 11.9. The van der Waals surface area contributed by atoms with E-state index in [2.05, 4.69) is 15.8 Å². The third kappa shape index (κ3) is 4.35. The fourth-order valence-corrected chi connectivity index (χ4v) is 2.42. The fourth-order valence-electron chi connectivity index (χ4n) is 1.85. The first-order valence-corrected chi connectivity index (χ1v) is 7.55. The number of carboxylic acid groups (broad SMARTS) is 1. The molecule has 0 aromatic heterocycles. The lowest BCUT2D eigenvalue weighted by atomic mass is 10.1. The lowest BCUT2D eigenvalue weighted by Gasteiger charge is -2.22. The molecule has 0 aliphatic carbocycles. The van der Waals surface area contributed by atoms with Crippen LogP contribution in [0.1, 0.15) is 30.6 Å². The number of hydrogen-bond acceptors (Lipinski definition) is 4. The van der Waals surface area contributed by atoms with Gasteiger partial charge in [0.2, 0.25) is 0 Å². The van der Waals surface area contributed by atoms with Gasteiger partial charge in [0.15, 0.2) is 5.71 Å². The summed E-state index contributed by atoms with van der Waals surface area (Å²) in [6.45, 7) is 4.47. The molecule has 0 saturated carbocycles. The Bertz CT molecular complexity index is 570. The van der Waals surface area contributed by atoms with Crippen molar-refractivity contribution in [3.8, 4) is 0 Å². The number of nitrogens with zero attached hydrogens (tertiary/aromatic N) is 1. The zero-order chi connectivity index (χ0) is 16.7. The van der Waals surface area contributed by atoms with E-state index < -0.39 is 17.9 Å². The van der Waals surface area contributed by atoms with Crippen molar-refractivity contribution in [2.24, 2.45) is 5.10 Å². The second kappa shape index (κ2) is 8.60. The van der Waals surface area contributed by atoms with Crippen molar-refractivity contribution in [2.75, 3.05) is 6.54 Å². The molecule has 22 heavy (non-hydrogen) atoms. The summed E-state index contributed by atoms with van der Waals surface area (Å²) in [4.78, 5) is 23.2. The summed E-state index contributed by atoms with van der Waals surface area (Å²) in [5.41, 5.74) is 2.56. The smallest absolute Gasteiger partial charge is 0.354 e. The van der Waals surface area contributed by atoms with Crippen LogP contribution in [-0.2, 0) is 4.79 Å². The maximum absolute atomic E-state index is 12.2. The molecule has 1 unspecified atom stereocenters. The molecule has 120 valence electrons. The summed E-state index contributed by atoms with van der Waals surface area (Å²) in [7, 11) is 0. The Labute approximate surface area is 138 Å². The molecule has 0 bridgehead atoms. The van der Waals surface area contributed by atoms with Crippen LogP contribution in [0.25, 0.3) is 0 Å². The van der Waals surface area contributed by atoms with Gasteiger partial charge in [-0.2, -0.15) is 5.10 Å². The zero-order valence-corrected chi connectivity index (χ0v) is 13.7. The Morgan fingerprint density at radius 2 is 1.91 bits per heavy atom. The maximum atomic E-state index is 12.2. The molecule has 1 amide bonds. The van der Waals surface area contributed by atoms with Gasteiger partial charge in [0.25, 0.3) is 5.91 Å². The van der Waals surface area contributed by atoms with Gasteiger partial charge in [-0.25, -0.2) is 4.79 Å². The molecule has 1 aliphatic heterocycles. The van der Waals surface area contributed by atoms with Crippen LogP contribution in [-0.4, -0.2) is 35.3 Å². The zero-order valence-electron chi connectivity index (χ0n) is 12.2. The van der Waals surface area contributed by atoms with Crippen molar-refractivity contribution < 1.29 is 14.7 Å². The van der Waals surface area contributed by atoms with E-state index in [9.17, 15) is 9.59 Å². The Balaban J connectivity index is 0.00000116. The molecule has 1 heterocycles. The highest BCUT2D eigenvalue weighted by Crippen LogP contribution is 2.24. The minimum atomic E-state index is -1.19. The van der Waals surface area contributed by atoms with Crippen molar-refractivity contribution in [3.05, 3.63) is 33.8 Å². The van der Waals surface area contributed by atoms with Gasteiger partial charge in [0.05, 0.1) is 21.7 Å². The van der Waals surface area contributed by atoms with Crippen LogP contribution in [0.4, 0.5) is 0 Å². The molecule has 1 aliphatic rings. The molecule has 1 aromatic rings. The van der Waals surface area contributed by atoms with Crippen molar-refractivity contribution in [2.45, 2.75) is 26.3 Å². The normalized spacial score (nSPS) is 16.5. The number of benzene rings is 1. The van der Waals surface area contributed by atoms with Crippen LogP contribution in [0.5, 0.6) is 0 Å². The Morgan fingerprint density at radius 3 is 2.45 bits per heavy atom. The SMILES string of the molecule is CC.O=C(O)C1=NNCCC1NC(=O)c1c(Cl)cccc1Cl. The minimum absolute atomic E-state index is 0.124. The van der Waals surface area contributed by atoms with E-state index in [0.717, 1.165) is 0 Å². The summed E-state index contributed by atoms with van der Waals surface area (Å²) < 4.78 is 0. The molecule has 1 aromatic carbocycles. The number of aliphatic carboxylic acids is 1. The lowest BCUT2D eigenvalue weighted by molar-refractivity contribution is -0.129. The van der Waals surface area contributed by atoms with Crippen LogP contribution >= 0.6 is 23.2 Å². The number of hydrazone groups is 1. The first kappa shape index (κ1) is 18.3. The quantitative estimate of drug-likeness (QED) is 0.785. The Kier molecular flexibility index (Phi) is 7.14. The topological polar surface area (TPSA) is 90.8 Å². The van der Waals surface area contributed by atoms with E-state index in [-0.39, 0.29) is 21.3 Å². The van der Waals surface area contributed by atoms with Crippen LogP contribution in [0, 0.1) is 0 Å². The molecule has 3 N–H and O–H groups in total. The summed E-state index contributed by atoms with van der Waals surface area (Å²) in [5, 5.41) is 15.7. The largest absolute Gasteiger partial charge is 0.477 e. The molecular weight excluding hydrogens is 329 g/mol. The predicted octanol–water partition coefficient (Wildman–Crippen LogP) is 2.55. The second-order valence-corrected chi connectivity index (χ2v) is 4.94. The third-order valence-corrected chi connectivity index (χ3v) is 3.42. The van der Waals surface area contributed by atoms with Gasteiger partial charge < -0.3 is 15.8 Å². The van der Waals surface area contributed by atoms with Crippen molar-refractivity contribution in [1.29, 1.82) is 0 Å². The molecule has 0 radical (unpaired) electrons. The number of amides is 1. The number of hydrogen-bond donors (Lipinski definition) is 3. The molecule has 6 nitrogen and oxygen atoms in total. The second-order valence-electron chi connectivity index (χ2n) is 4.12. The van der Waals surface area contributed by atoms with E-state index in [1.807, 2.05) is 13.8 Å². The van der Waals surface area contributed by atoms with Gasteiger partial charge in [-0.1, -0.05) is 43.1 Å². The first-order valence-electron chi connectivity index (χ1n) is 6.79. The molecule has 8 heteroatoms. The number of carbonyl (C=O) groups is 2. The maximum Gasteiger partial charge on any atom is 0.354 e. The molecule has 2 rings (SSSR count). The van der Waals surface area contributed by atoms with E-state index in [4.69, 9.17) is 28.3 Å². The number of halogens is 2. The summed E-state index contributed by atoms with van der Waals surface area (Å²) in [6, 6.07) is 4.01. The Hall–Kier alpha value is -1.79. The van der Waals surface area contributed by atoms with E-state index in [1.165, 1.54) is 12.1 Å². The van der Waals surface area contributed by atoms with Crippen molar-refractivity contribution >= 4 is 40.8 Å². The molecule has 0 fully saturated rings.